The number of carbonyl (C=O) groups excluding carboxylic acids is 1. The van der Waals surface area contributed by atoms with Crippen LogP contribution in [0.4, 0.5) is 0 Å². The fraction of sp³-hybridized carbons (Fsp3) is 0.611. The van der Waals surface area contributed by atoms with Crippen molar-refractivity contribution in [1.29, 1.82) is 0 Å². The van der Waals surface area contributed by atoms with E-state index in [0.29, 0.717) is 18.3 Å². The third-order valence-corrected chi connectivity index (χ3v) is 6.31. The van der Waals surface area contributed by atoms with Crippen molar-refractivity contribution in [1.82, 2.24) is 30.5 Å². The van der Waals surface area contributed by atoms with E-state index in [1.165, 1.54) is 17.7 Å². The maximum absolute atomic E-state index is 12.6. The first-order valence-electron chi connectivity index (χ1n) is 9.49. The summed E-state index contributed by atoms with van der Waals surface area (Å²) in [5.74, 6) is -0.133. The van der Waals surface area contributed by atoms with Gasteiger partial charge in [0, 0.05) is 11.4 Å². The van der Waals surface area contributed by atoms with E-state index in [1.807, 2.05) is 4.68 Å². The SMILES string of the molecule is O=C(NCC(c1cccs1)N1CCCC1)c1cn(C2CCNCC2)nn1. The van der Waals surface area contributed by atoms with Gasteiger partial charge in [0.25, 0.3) is 5.91 Å². The minimum atomic E-state index is -0.133. The molecule has 2 aromatic heterocycles. The fourth-order valence-corrected chi connectivity index (χ4v) is 4.72. The topological polar surface area (TPSA) is 75.1 Å². The summed E-state index contributed by atoms with van der Waals surface area (Å²) in [6, 6.07) is 4.83. The van der Waals surface area contributed by atoms with E-state index in [1.54, 1.807) is 17.5 Å². The molecule has 0 radical (unpaired) electrons. The number of amides is 1. The van der Waals surface area contributed by atoms with Crippen LogP contribution in [0.25, 0.3) is 0 Å². The number of carbonyl (C=O) groups is 1. The van der Waals surface area contributed by atoms with Crippen molar-refractivity contribution in [3.8, 4) is 0 Å². The molecule has 2 fully saturated rings. The Bertz CT molecular complexity index is 703. The van der Waals surface area contributed by atoms with Gasteiger partial charge >= 0.3 is 0 Å². The molecule has 2 saturated heterocycles. The third kappa shape index (κ3) is 3.97. The van der Waals surface area contributed by atoms with Gasteiger partial charge in [-0.05, 0) is 63.3 Å². The first-order chi connectivity index (χ1) is 12.8. The lowest BCUT2D eigenvalue weighted by Crippen LogP contribution is -2.36. The van der Waals surface area contributed by atoms with E-state index in [-0.39, 0.29) is 11.9 Å². The second kappa shape index (κ2) is 8.28. The number of hydrogen-bond donors (Lipinski definition) is 2. The molecule has 2 N–H and O–H groups in total. The Morgan fingerprint density at radius 3 is 2.88 bits per heavy atom. The molecule has 1 unspecified atom stereocenters. The van der Waals surface area contributed by atoms with Crippen molar-refractivity contribution >= 4 is 17.2 Å². The number of rotatable bonds is 6. The zero-order chi connectivity index (χ0) is 17.8. The summed E-state index contributed by atoms with van der Waals surface area (Å²) in [6.45, 7) is 4.79. The minimum Gasteiger partial charge on any atom is -0.349 e. The Morgan fingerprint density at radius 2 is 2.15 bits per heavy atom. The molecule has 2 aromatic rings. The van der Waals surface area contributed by atoms with Gasteiger partial charge in [0.05, 0.1) is 18.3 Å². The van der Waals surface area contributed by atoms with E-state index in [4.69, 9.17) is 0 Å². The molecule has 0 saturated carbocycles. The van der Waals surface area contributed by atoms with Crippen LogP contribution >= 0.6 is 11.3 Å². The molecule has 0 aromatic carbocycles. The highest BCUT2D eigenvalue weighted by Crippen LogP contribution is 2.27. The molecule has 1 atom stereocenters. The Labute approximate surface area is 157 Å². The van der Waals surface area contributed by atoms with Gasteiger partial charge in [-0.25, -0.2) is 4.68 Å². The summed E-state index contributed by atoms with van der Waals surface area (Å²) < 4.78 is 1.85. The Morgan fingerprint density at radius 1 is 1.35 bits per heavy atom. The van der Waals surface area contributed by atoms with Gasteiger partial charge in [-0.3, -0.25) is 9.69 Å². The van der Waals surface area contributed by atoms with Crippen molar-refractivity contribution in [2.75, 3.05) is 32.7 Å². The Balaban J connectivity index is 1.38. The predicted molar refractivity (Wildman–Crippen MR) is 101 cm³/mol. The molecular formula is C18H26N6OS. The summed E-state index contributed by atoms with van der Waals surface area (Å²) in [6.07, 6.45) is 6.32. The smallest absolute Gasteiger partial charge is 0.273 e. The van der Waals surface area contributed by atoms with Crippen LogP contribution in [-0.2, 0) is 0 Å². The lowest BCUT2D eigenvalue weighted by Gasteiger charge is -2.26. The molecule has 140 valence electrons. The normalized spacial score (nSPS) is 20.3. The van der Waals surface area contributed by atoms with Gasteiger partial charge in [0.1, 0.15) is 0 Å². The molecule has 4 heterocycles. The van der Waals surface area contributed by atoms with Gasteiger partial charge < -0.3 is 10.6 Å². The van der Waals surface area contributed by atoms with E-state index >= 15 is 0 Å². The molecular weight excluding hydrogens is 348 g/mol. The molecule has 26 heavy (non-hydrogen) atoms. The van der Waals surface area contributed by atoms with Crippen LogP contribution in [0, 0.1) is 0 Å². The van der Waals surface area contributed by atoms with Crippen molar-refractivity contribution < 1.29 is 4.79 Å². The molecule has 0 bridgehead atoms. The van der Waals surface area contributed by atoms with E-state index in [9.17, 15) is 4.79 Å². The van der Waals surface area contributed by atoms with Crippen LogP contribution in [0.3, 0.4) is 0 Å². The van der Waals surface area contributed by atoms with Crippen LogP contribution in [0.15, 0.2) is 23.7 Å². The lowest BCUT2D eigenvalue weighted by molar-refractivity contribution is 0.0933. The zero-order valence-electron chi connectivity index (χ0n) is 14.9. The average molecular weight is 375 g/mol. The molecule has 7 nitrogen and oxygen atoms in total. The predicted octanol–water partition coefficient (Wildman–Crippen LogP) is 1.83. The summed E-state index contributed by atoms with van der Waals surface area (Å²) in [5.41, 5.74) is 0.412. The number of piperidine rings is 1. The van der Waals surface area contributed by atoms with Crippen LogP contribution in [-0.4, -0.2) is 58.5 Å². The van der Waals surface area contributed by atoms with E-state index in [0.717, 1.165) is 39.0 Å². The molecule has 2 aliphatic heterocycles. The van der Waals surface area contributed by atoms with Gasteiger partial charge in [-0.15, -0.1) is 16.4 Å². The highest BCUT2D eigenvalue weighted by molar-refractivity contribution is 7.10. The van der Waals surface area contributed by atoms with E-state index < -0.39 is 0 Å². The second-order valence-electron chi connectivity index (χ2n) is 7.05. The van der Waals surface area contributed by atoms with Crippen molar-refractivity contribution in [2.24, 2.45) is 0 Å². The number of hydrogen-bond acceptors (Lipinski definition) is 6. The number of nitrogens with zero attached hydrogens (tertiary/aromatic N) is 4. The number of aromatic nitrogens is 3. The first kappa shape index (κ1) is 17.6. The van der Waals surface area contributed by atoms with E-state index in [2.05, 4.69) is 43.4 Å². The summed E-state index contributed by atoms with van der Waals surface area (Å²) >= 11 is 1.76. The number of likely N-dealkylation sites (tertiary alicyclic amines) is 1. The molecule has 2 aliphatic rings. The zero-order valence-corrected chi connectivity index (χ0v) is 15.7. The number of nitrogens with one attached hydrogen (secondary N) is 2. The Hall–Kier alpha value is -1.77. The second-order valence-corrected chi connectivity index (χ2v) is 8.03. The molecule has 0 spiro atoms. The van der Waals surface area contributed by atoms with Gasteiger partial charge in [0.2, 0.25) is 0 Å². The highest BCUT2D eigenvalue weighted by atomic mass is 32.1. The standard InChI is InChI=1S/C18H26N6OS/c25-18(15-13-24(22-21-15)14-5-7-19-8-6-14)20-12-16(17-4-3-11-26-17)23-9-1-2-10-23/h3-4,11,13-14,16,19H,1-2,5-10,12H2,(H,20,25). The average Bonchev–Trinajstić information content (AvgIpc) is 3.44. The monoisotopic (exact) mass is 374 g/mol. The molecule has 8 heteroatoms. The third-order valence-electron chi connectivity index (χ3n) is 5.33. The quantitative estimate of drug-likeness (QED) is 0.807. The maximum atomic E-state index is 12.6. The van der Waals surface area contributed by atoms with Crippen molar-refractivity contribution in [3.05, 3.63) is 34.3 Å². The van der Waals surface area contributed by atoms with Crippen LogP contribution < -0.4 is 10.6 Å². The van der Waals surface area contributed by atoms with Gasteiger partial charge in [-0.2, -0.15) is 0 Å². The van der Waals surface area contributed by atoms with Gasteiger partial charge in [0.15, 0.2) is 5.69 Å². The van der Waals surface area contributed by atoms with Crippen molar-refractivity contribution in [2.45, 2.75) is 37.8 Å². The summed E-state index contributed by atoms with van der Waals surface area (Å²) in [7, 11) is 0. The highest BCUT2D eigenvalue weighted by Gasteiger charge is 2.25. The summed E-state index contributed by atoms with van der Waals surface area (Å²) in [5, 5.41) is 16.8. The fourth-order valence-electron chi connectivity index (χ4n) is 3.85. The lowest BCUT2D eigenvalue weighted by atomic mass is 10.1. The largest absolute Gasteiger partial charge is 0.349 e. The van der Waals surface area contributed by atoms with Crippen LogP contribution in [0.2, 0.25) is 0 Å². The molecule has 0 aliphatic carbocycles. The maximum Gasteiger partial charge on any atom is 0.273 e. The Kier molecular flexibility index (Phi) is 5.62. The summed E-state index contributed by atoms with van der Waals surface area (Å²) in [4.78, 5) is 16.4. The molecule has 1 amide bonds. The molecule has 4 rings (SSSR count). The first-order valence-corrected chi connectivity index (χ1v) is 10.4. The number of thiophene rings is 1. The minimum absolute atomic E-state index is 0.133. The van der Waals surface area contributed by atoms with Crippen LogP contribution in [0.5, 0.6) is 0 Å². The van der Waals surface area contributed by atoms with Crippen molar-refractivity contribution in [3.63, 3.8) is 0 Å². The van der Waals surface area contributed by atoms with Crippen LogP contribution in [0.1, 0.15) is 53.1 Å². The van der Waals surface area contributed by atoms with Gasteiger partial charge in [-0.1, -0.05) is 11.3 Å².